The maximum Gasteiger partial charge on any atom is 0.336 e. The summed E-state index contributed by atoms with van der Waals surface area (Å²) in [7, 11) is 5.18. The van der Waals surface area contributed by atoms with Crippen molar-refractivity contribution in [2.24, 2.45) is 0 Å². The van der Waals surface area contributed by atoms with Crippen molar-refractivity contribution in [2.45, 2.75) is 59.0 Å². The van der Waals surface area contributed by atoms with E-state index >= 15 is 0 Å². The Balaban J connectivity index is 2.57. The van der Waals surface area contributed by atoms with Crippen molar-refractivity contribution in [1.29, 1.82) is 0 Å². The van der Waals surface area contributed by atoms with E-state index in [2.05, 4.69) is 23.6 Å². The second kappa shape index (κ2) is 16.2. The van der Waals surface area contributed by atoms with E-state index < -0.39 is 12.3 Å². The highest BCUT2D eigenvalue weighted by atomic mass is 16.7. The number of benzene rings is 1. The van der Waals surface area contributed by atoms with E-state index in [4.69, 9.17) is 14.2 Å². The topological polar surface area (TPSA) is 71.5 Å². The number of nitrogens with zero attached hydrogens (tertiary/aromatic N) is 2. The van der Waals surface area contributed by atoms with Crippen LogP contribution in [0.15, 0.2) is 18.2 Å². The van der Waals surface area contributed by atoms with Crippen LogP contribution < -0.4 is 0 Å². The molecule has 0 aromatic heterocycles. The fourth-order valence-corrected chi connectivity index (χ4v) is 3.61. The van der Waals surface area contributed by atoms with Crippen molar-refractivity contribution in [3.05, 3.63) is 34.9 Å². The Morgan fingerprint density at radius 2 is 1.74 bits per heavy atom. The minimum absolute atomic E-state index is 0.268. The predicted octanol–water partition coefficient (Wildman–Crippen LogP) is 3.85. The lowest BCUT2D eigenvalue weighted by Crippen LogP contribution is -2.27. The maximum atomic E-state index is 11.8. The molecule has 1 atom stereocenters. The molecule has 0 fully saturated rings. The lowest BCUT2D eigenvalue weighted by atomic mass is 10.0. The van der Waals surface area contributed by atoms with Crippen LogP contribution in [0.2, 0.25) is 0 Å². The fourth-order valence-electron chi connectivity index (χ4n) is 3.61. The molecule has 1 N–H and O–H groups in total. The number of aromatic carboxylic acids is 1. The molecular weight excluding hydrogens is 396 g/mol. The van der Waals surface area contributed by atoms with Crippen LogP contribution in [0, 0.1) is 0 Å². The highest BCUT2D eigenvalue weighted by molar-refractivity contribution is 5.89. The van der Waals surface area contributed by atoms with Gasteiger partial charge in [0.15, 0.2) is 6.29 Å². The molecule has 1 unspecified atom stereocenters. The largest absolute Gasteiger partial charge is 0.478 e. The number of hydrogen-bond donors (Lipinski definition) is 1. The van der Waals surface area contributed by atoms with E-state index in [1.807, 2.05) is 19.2 Å². The van der Waals surface area contributed by atoms with Gasteiger partial charge in [-0.3, -0.25) is 0 Å². The highest BCUT2D eigenvalue weighted by Crippen LogP contribution is 2.16. The van der Waals surface area contributed by atoms with Crippen LogP contribution in [0.3, 0.4) is 0 Å². The predicted molar refractivity (Wildman–Crippen MR) is 123 cm³/mol. The number of unbranched alkanes of at least 4 members (excludes halogenated alkanes) is 1. The van der Waals surface area contributed by atoms with Gasteiger partial charge < -0.3 is 29.1 Å². The second-order valence-corrected chi connectivity index (χ2v) is 8.01. The molecule has 0 radical (unpaired) electrons. The summed E-state index contributed by atoms with van der Waals surface area (Å²) in [4.78, 5) is 16.5. The number of carboxylic acids is 1. The molecule has 0 bridgehead atoms. The zero-order chi connectivity index (χ0) is 23.1. The molecule has 0 aliphatic heterocycles. The summed E-state index contributed by atoms with van der Waals surface area (Å²) in [6.07, 6.45) is 4.17. The van der Waals surface area contributed by atoms with Crippen LogP contribution in [0.25, 0.3) is 0 Å². The number of carboxylic acid groups (broad SMARTS) is 1. The summed E-state index contributed by atoms with van der Waals surface area (Å²) in [5, 5.41) is 9.68. The molecule has 7 heteroatoms. The van der Waals surface area contributed by atoms with E-state index in [0.29, 0.717) is 18.7 Å². The molecule has 7 nitrogen and oxygen atoms in total. The first-order chi connectivity index (χ1) is 14.9. The van der Waals surface area contributed by atoms with E-state index in [1.165, 1.54) is 12.8 Å². The van der Waals surface area contributed by atoms with Crippen molar-refractivity contribution in [2.75, 3.05) is 54.1 Å². The van der Waals surface area contributed by atoms with Crippen LogP contribution in [-0.2, 0) is 27.4 Å². The van der Waals surface area contributed by atoms with E-state index in [9.17, 15) is 9.90 Å². The van der Waals surface area contributed by atoms with Crippen molar-refractivity contribution in [3.63, 3.8) is 0 Å². The van der Waals surface area contributed by atoms with Gasteiger partial charge in [0.1, 0.15) is 0 Å². The van der Waals surface area contributed by atoms with Crippen molar-refractivity contribution >= 4 is 5.97 Å². The van der Waals surface area contributed by atoms with Gasteiger partial charge >= 0.3 is 5.97 Å². The molecular formula is C24H42N2O5. The standard InChI is InChI=1S/C24H42N2O5/c1-6-12-26(13-7-2)15-9-8-14-25(3)17-21-11-10-20(16-22(21)24(27)28)18-31-23(30-5)19-29-4/h10-11,16,23H,6-9,12-15,17-19H2,1-5H3,(H,27,28). The third-order valence-electron chi connectivity index (χ3n) is 5.19. The molecule has 0 spiro atoms. The average molecular weight is 439 g/mol. The third kappa shape index (κ3) is 11.1. The number of hydrogen-bond acceptors (Lipinski definition) is 6. The Kier molecular flexibility index (Phi) is 14.4. The molecule has 0 aliphatic rings. The molecule has 0 aliphatic carbocycles. The lowest BCUT2D eigenvalue weighted by molar-refractivity contribution is -0.158. The normalized spacial score (nSPS) is 12.6. The van der Waals surface area contributed by atoms with Crippen LogP contribution >= 0.6 is 0 Å². The Morgan fingerprint density at radius 1 is 1.06 bits per heavy atom. The molecule has 0 amide bonds. The first kappa shape index (κ1) is 27.5. The first-order valence-electron chi connectivity index (χ1n) is 11.3. The summed E-state index contributed by atoms with van der Waals surface area (Å²) in [5.41, 5.74) is 1.94. The Morgan fingerprint density at radius 3 is 2.32 bits per heavy atom. The van der Waals surface area contributed by atoms with Gasteiger partial charge in [-0.15, -0.1) is 0 Å². The monoisotopic (exact) mass is 438 g/mol. The zero-order valence-electron chi connectivity index (χ0n) is 20.1. The van der Waals surface area contributed by atoms with Crippen molar-refractivity contribution in [3.8, 4) is 0 Å². The SMILES string of the molecule is CCCN(CCC)CCCCN(C)Cc1ccc(COC(COC)OC)cc1C(=O)O. The smallest absolute Gasteiger partial charge is 0.336 e. The van der Waals surface area contributed by atoms with Gasteiger partial charge in [0.2, 0.25) is 0 Å². The molecule has 31 heavy (non-hydrogen) atoms. The molecule has 1 rings (SSSR count). The van der Waals surface area contributed by atoms with E-state index in [0.717, 1.165) is 50.1 Å². The van der Waals surface area contributed by atoms with Gasteiger partial charge in [0.25, 0.3) is 0 Å². The van der Waals surface area contributed by atoms with Crippen molar-refractivity contribution in [1.82, 2.24) is 9.80 Å². The Bertz CT molecular complexity index is 620. The number of ether oxygens (including phenoxy) is 3. The molecule has 0 saturated heterocycles. The van der Waals surface area contributed by atoms with Crippen LogP contribution in [-0.4, -0.2) is 81.2 Å². The average Bonchev–Trinajstić information content (AvgIpc) is 2.75. The van der Waals surface area contributed by atoms with E-state index in [-0.39, 0.29) is 6.61 Å². The quantitative estimate of drug-likeness (QED) is 0.276. The van der Waals surface area contributed by atoms with Gasteiger partial charge in [-0.1, -0.05) is 26.0 Å². The fraction of sp³-hybridized carbons (Fsp3) is 0.708. The second-order valence-electron chi connectivity index (χ2n) is 8.01. The summed E-state index contributed by atoms with van der Waals surface area (Å²) in [6, 6.07) is 5.50. The van der Waals surface area contributed by atoms with Crippen LogP contribution in [0.4, 0.5) is 0 Å². The van der Waals surface area contributed by atoms with Crippen molar-refractivity contribution < 1.29 is 24.1 Å². The summed E-state index contributed by atoms with van der Waals surface area (Å²) in [6.45, 7) is 10.1. The third-order valence-corrected chi connectivity index (χ3v) is 5.19. The molecule has 0 saturated carbocycles. The summed E-state index contributed by atoms with van der Waals surface area (Å²) in [5.74, 6) is -0.916. The van der Waals surface area contributed by atoms with Gasteiger partial charge in [-0.25, -0.2) is 4.79 Å². The minimum Gasteiger partial charge on any atom is -0.478 e. The summed E-state index contributed by atoms with van der Waals surface area (Å²) >= 11 is 0. The van der Waals surface area contributed by atoms with Gasteiger partial charge in [-0.05, 0) is 76.1 Å². The summed E-state index contributed by atoms with van der Waals surface area (Å²) < 4.78 is 15.9. The number of rotatable bonds is 18. The highest BCUT2D eigenvalue weighted by Gasteiger charge is 2.14. The van der Waals surface area contributed by atoms with Gasteiger partial charge in [0.05, 0.1) is 18.8 Å². The Labute approximate surface area is 188 Å². The minimum atomic E-state index is -0.916. The molecule has 178 valence electrons. The van der Waals surface area contributed by atoms with Gasteiger partial charge in [0, 0.05) is 20.8 Å². The Hall–Kier alpha value is -1.51. The number of methoxy groups -OCH3 is 2. The van der Waals surface area contributed by atoms with Gasteiger partial charge in [-0.2, -0.15) is 0 Å². The van der Waals surface area contributed by atoms with Crippen LogP contribution in [0.5, 0.6) is 0 Å². The molecule has 1 aromatic rings. The molecule has 1 aromatic carbocycles. The molecule has 0 heterocycles. The number of carbonyl (C=O) groups is 1. The van der Waals surface area contributed by atoms with Crippen LogP contribution in [0.1, 0.15) is 61.0 Å². The van der Waals surface area contributed by atoms with E-state index in [1.54, 1.807) is 20.3 Å². The maximum absolute atomic E-state index is 11.8. The zero-order valence-corrected chi connectivity index (χ0v) is 20.1. The lowest BCUT2D eigenvalue weighted by Gasteiger charge is -2.22. The first-order valence-corrected chi connectivity index (χ1v) is 11.3.